The molecule has 0 aliphatic heterocycles. The lowest BCUT2D eigenvalue weighted by atomic mass is 10.1. The molecule has 0 aliphatic carbocycles. The number of esters is 1. The van der Waals surface area contributed by atoms with Crippen molar-refractivity contribution < 1.29 is 19.1 Å². The van der Waals surface area contributed by atoms with E-state index in [9.17, 15) is 14.4 Å². The summed E-state index contributed by atoms with van der Waals surface area (Å²) in [6.07, 6.45) is 0. The fourth-order valence-electron chi connectivity index (χ4n) is 2.48. The van der Waals surface area contributed by atoms with Gasteiger partial charge in [0.25, 0.3) is 11.8 Å². The highest BCUT2D eigenvalue weighted by atomic mass is 16.5. The fraction of sp³-hybridized carbons (Fsp3) is 0.0455. The van der Waals surface area contributed by atoms with Crippen molar-refractivity contribution in [1.82, 2.24) is 0 Å². The molecule has 0 saturated heterocycles. The molecule has 0 spiro atoms. The molecule has 3 aromatic carbocycles. The summed E-state index contributed by atoms with van der Waals surface area (Å²) in [5.41, 5.74) is 1.55. The summed E-state index contributed by atoms with van der Waals surface area (Å²) in [7, 11) is 0. The molecule has 140 valence electrons. The molecule has 0 saturated carbocycles. The van der Waals surface area contributed by atoms with Gasteiger partial charge >= 0.3 is 5.97 Å². The molecule has 0 aliphatic rings. The van der Waals surface area contributed by atoms with Crippen molar-refractivity contribution >= 4 is 29.2 Å². The SMILES string of the molecule is O=C(COC(=O)c1ccccc1NC(=O)c1ccccc1)Nc1ccccc1. The van der Waals surface area contributed by atoms with Crippen LogP contribution in [0.1, 0.15) is 20.7 Å². The normalized spacial score (nSPS) is 10.0. The van der Waals surface area contributed by atoms with Crippen LogP contribution >= 0.6 is 0 Å². The van der Waals surface area contributed by atoms with Crippen LogP contribution in [0.3, 0.4) is 0 Å². The van der Waals surface area contributed by atoms with Crippen LogP contribution < -0.4 is 10.6 Å². The number of anilines is 2. The number of hydrogen-bond acceptors (Lipinski definition) is 4. The highest BCUT2D eigenvalue weighted by Gasteiger charge is 2.16. The van der Waals surface area contributed by atoms with Gasteiger partial charge in [0.1, 0.15) is 0 Å². The average Bonchev–Trinajstić information content (AvgIpc) is 2.74. The van der Waals surface area contributed by atoms with Crippen molar-refractivity contribution in [2.75, 3.05) is 17.2 Å². The van der Waals surface area contributed by atoms with Crippen molar-refractivity contribution in [3.05, 3.63) is 96.1 Å². The second-order valence-corrected chi connectivity index (χ2v) is 5.86. The number of carbonyl (C=O) groups is 3. The first kappa shape index (κ1) is 18.8. The van der Waals surface area contributed by atoms with Gasteiger partial charge in [-0.15, -0.1) is 0 Å². The second-order valence-electron chi connectivity index (χ2n) is 5.86. The third-order valence-electron chi connectivity index (χ3n) is 3.82. The lowest BCUT2D eigenvalue weighted by Crippen LogP contribution is -2.22. The predicted molar refractivity (Wildman–Crippen MR) is 106 cm³/mol. The zero-order chi connectivity index (χ0) is 19.8. The van der Waals surface area contributed by atoms with E-state index in [0.717, 1.165) is 0 Å². The molecule has 6 heteroatoms. The van der Waals surface area contributed by atoms with Gasteiger partial charge in [-0.3, -0.25) is 9.59 Å². The Labute approximate surface area is 162 Å². The van der Waals surface area contributed by atoms with E-state index in [1.54, 1.807) is 66.7 Å². The van der Waals surface area contributed by atoms with Crippen molar-refractivity contribution in [3.8, 4) is 0 Å². The number of para-hydroxylation sites is 2. The molecular formula is C22H18N2O4. The van der Waals surface area contributed by atoms with Crippen LogP contribution in [0.25, 0.3) is 0 Å². The zero-order valence-electron chi connectivity index (χ0n) is 14.9. The van der Waals surface area contributed by atoms with Gasteiger partial charge in [0, 0.05) is 11.3 Å². The van der Waals surface area contributed by atoms with Gasteiger partial charge in [-0.05, 0) is 36.4 Å². The molecule has 28 heavy (non-hydrogen) atoms. The highest BCUT2D eigenvalue weighted by molar-refractivity contribution is 6.08. The minimum absolute atomic E-state index is 0.166. The maximum absolute atomic E-state index is 12.4. The van der Waals surface area contributed by atoms with Gasteiger partial charge in [0.2, 0.25) is 0 Å². The number of benzene rings is 3. The summed E-state index contributed by atoms with van der Waals surface area (Å²) < 4.78 is 5.09. The molecule has 0 atom stereocenters. The van der Waals surface area contributed by atoms with E-state index < -0.39 is 18.5 Å². The Balaban J connectivity index is 1.62. The summed E-state index contributed by atoms with van der Waals surface area (Å²) in [5, 5.41) is 5.33. The first-order valence-electron chi connectivity index (χ1n) is 8.61. The number of ether oxygens (including phenoxy) is 1. The summed E-state index contributed by atoms with van der Waals surface area (Å²) in [6.45, 7) is -0.436. The van der Waals surface area contributed by atoms with Crippen molar-refractivity contribution in [1.29, 1.82) is 0 Å². The van der Waals surface area contributed by atoms with Crippen LogP contribution in [0.15, 0.2) is 84.9 Å². The zero-order valence-corrected chi connectivity index (χ0v) is 14.9. The van der Waals surface area contributed by atoms with Gasteiger partial charge in [0.05, 0.1) is 11.3 Å². The number of rotatable bonds is 6. The number of hydrogen-bond donors (Lipinski definition) is 2. The van der Waals surface area contributed by atoms with E-state index >= 15 is 0 Å². The third kappa shape index (κ3) is 5.04. The second kappa shape index (κ2) is 9.14. The van der Waals surface area contributed by atoms with E-state index in [1.165, 1.54) is 6.07 Å². The quantitative estimate of drug-likeness (QED) is 0.644. The molecular weight excluding hydrogens is 356 g/mol. The van der Waals surface area contributed by atoms with Crippen LogP contribution in [-0.2, 0) is 9.53 Å². The molecule has 0 fully saturated rings. The Morgan fingerprint density at radius 2 is 1.32 bits per heavy atom. The maximum Gasteiger partial charge on any atom is 0.340 e. The Hall–Kier alpha value is -3.93. The van der Waals surface area contributed by atoms with Crippen LogP contribution in [0, 0.1) is 0 Å². The summed E-state index contributed by atoms with van der Waals surface area (Å²) in [4.78, 5) is 36.7. The molecule has 3 rings (SSSR count). The van der Waals surface area contributed by atoms with Gasteiger partial charge in [-0.1, -0.05) is 48.5 Å². The minimum atomic E-state index is -0.702. The smallest absolute Gasteiger partial charge is 0.340 e. The largest absolute Gasteiger partial charge is 0.452 e. The first-order chi connectivity index (χ1) is 13.6. The van der Waals surface area contributed by atoms with Gasteiger partial charge in [0.15, 0.2) is 6.61 Å². The molecule has 0 unspecified atom stereocenters. The first-order valence-corrected chi connectivity index (χ1v) is 8.61. The van der Waals surface area contributed by atoms with E-state index in [0.29, 0.717) is 16.9 Å². The summed E-state index contributed by atoms with van der Waals surface area (Å²) in [6, 6.07) is 24.0. The van der Waals surface area contributed by atoms with Crippen LogP contribution in [0.2, 0.25) is 0 Å². The topological polar surface area (TPSA) is 84.5 Å². The lowest BCUT2D eigenvalue weighted by molar-refractivity contribution is -0.119. The Morgan fingerprint density at radius 1 is 0.714 bits per heavy atom. The summed E-state index contributed by atoms with van der Waals surface area (Å²) >= 11 is 0. The van der Waals surface area contributed by atoms with Crippen LogP contribution in [-0.4, -0.2) is 24.4 Å². The predicted octanol–water partition coefficient (Wildman–Crippen LogP) is 3.73. The van der Waals surface area contributed by atoms with Crippen molar-refractivity contribution in [2.45, 2.75) is 0 Å². The van der Waals surface area contributed by atoms with Gasteiger partial charge in [-0.25, -0.2) is 4.79 Å². The third-order valence-corrected chi connectivity index (χ3v) is 3.82. The molecule has 0 aromatic heterocycles. The number of carbonyl (C=O) groups excluding carboxylic acids is 3. The Morgan fingerprint density at radius 3 is 2.04 bits per heavy atom. The van der Waals surface area contributed by atoms with E-state index in [1.807, 2.05) is 12.1 Å². The molecule has 0 bridgehead atoms. The van der Waals surface area contributed by atoms with Gasteiger partial charge in [-0.2, -0.15) is 0 Å². The standard InChI is InChI=1S/C22H18N2O4/c25-20(23-17-11-5-2-6-12-17)15-28-22(27)18-13-7-8-14-19(18)24-21(26)16-9-3-1-4-10-16/h1-14H,15H2,(H,23,25)(H,24,26). The highest BCUT2D eigenvalue weighted by Crippen LogP contribution is 2.17. The van der Waals surface area contributed by atoms with Gasteiger partial charge < -0.3 is 15.4 Å². The van der Waals surface area contributed by atoms with Crippen molar-refractivity contribution in [3.63, 3.8) is 0 Å². The monoisotopic (exact) mass is 374 g/mol. The lowest BCUT2D eigenvalue weighted by Gasteiger charge is -2.11. The number of nitrogens with one attached hydrogen (secondary N) is 2. The molecule has 0 radical (unpaired) electrons. The fourth-order valence-corrected chi connectivity index (χ4v) is 2.48. The maximum atomic E-state index is 12.4. The summed E-state index contributed by atoms with van der Waals surface area (Å²) in [5.74, 6) is -1.50. The van der Waals surface area contributed by atoms with Crippen molar-refractivity contribution in [2.24, 2.45) is 0 Å². The average molecular weight is 374 g/mol. The molecule has 2 N–H and O–H groups in total. The number of amides is 2. The van der Waals surface area contributed by atoms with E-state index in [-0.39, 0.29) is 11.5 Å². The van der Waals surface area contributed by atoms with Crippen LogP contribution in [0.5, 0.6) is 0 Å². The van der Waals surface area contributed by atoms with E-state index in [4.69, 9.17) is 4.74 Å². The molecule has 2 amide bonds. The van der Waals surface area contributed by atoms with E-state index in [2.05, 4.69) is 10.6 Å². The molecule has 3 aromatic rings. The molecule has 0 heterocycles. The Bertz CT molecular complexity index is 972. The molecule has 6 nitrogen and oxygen atoms in total. The van der Waals surface area contributed by atoms with Crippen LogP contribution in [0.4, 0.5) is 11.4 Å². The minimum Gasteiger partial charge on any atom is -0.452 e. The Kier molecular flexibility index (Phi) is 6.15.